The Morgan fingerprint density at radius 1 is 1.07 bits per heavy atom. The first-order chi connectivity index (χ1) is 19.1. The van der Waals surface area contributed by atoms with Crippen LogP contribution in [0.2, 0.25) is 0 Å². The molecule has 0 spiro atoms. The minimum absolute atomic E-state index is 0.0587. The molecule has 4 saturated carbocycles. The number of aldehydes is 1. The number of fused-ring (bicyclic) bond motifs is 5. The summed E-state index contributed by atoms with van der Waals surface area (Å²) in [4.78, 5) is 39.4. The molecule has 0 radical (unpaired) electrons. The summed E-state index contributed by atoms with van der Waals surface area (Å²) in [5.41, 5.74) is -3.05. The Morgan fingerprint density at radius 2 is 1.85 bits per heavy atom. The molecule has 1 aliphatic heterocycles. The first-order valence-corrected chi connectivity index (χ1v) is 15.1. The van der Waals surface area contributed by atoms with Gasteiger partial charge < -0.3 is 28.9 Å². The van der Waals surface area contributed by atoms with Crippen molar-refractivity contribution in [2.24, 2.45) is 22.7 Å². The molecule has 5 fully saturated rings. The van der Waals surface area contributed by atoms with Crippen LogP contribution in [-0.4, -0.2) is 77.5 Å². The lowest BCUT2D eigenvalue weighted by Gasteiger charge is -2.65. The Labute approximate surface area is 235 Å². The summed E-state index contributed by atoms with van der Waals surface area (Å²) < 4.78 is 16.4. The van der Waals surface area contributed by atoms with Crippen LogP contribution in [0, 0.1) is 22.7 Å². The van der Waals surface area contributed by atoms with Crippen molar-refractivity contribution in [2.45, 2.75) is 94.4 Å². The maximum absolute atomic E-state index is 13.0. The van der Waals surface area contributed by atoms with Crippen molar-refractivity contribution in [1.29, 1.82) is 0 Å². The molecule has 40 heavy (non-hydrogen) atoms. The summed E-state index contributed by atoms with van der Waals surface area (Å²) in [6.45, 7) is 5.77. The molecule has 8 unspecified atom stereocenters. The van der Waals surface area contributed by atoms with Gasteiger partial charge in [0.25, 0.3) is 0 Å². The van der Waals surface area contributed by atoms with Crippen LogP contribution >= 0.6 is 0 Å². The zero-order valence-corrected chi connectivity index (χ0v) is 23.5. The van der Waals surface area contributed by atoms with Gasteiger partial charge in [0.05, 0.1) is 42.5 Å². The average Bonchev–Trinajstić information content (AvgIpc) is 3.23. The van der Waals surface area contributed by atoms with Crippen LogP contribution in [0.1, 0.15) is 82.6 Å². The standard InChI is InChI=1S/C31H43NO8/c1-28-9-5-24-25(31(28,37)12-7-23(28)21-2-3-26(34)39-19-21)6-11-30(36)18-22(4-10-29(24,30)20-33)40-27(35)8-13-32-14-16-38-17-15-32/h2-3,19-20,22-25,36-37H,4-18H2,1H3. The summed E-state index contributed by atoms with van der Waals surface area (Å²) in [5.74, 6) is -0.440. The molecule has 0 amide bonds. The lowest BCUT2D eigenvalue weighted by Crippen LogP contribution is -2.68. The van der Waals surface area contributed by atoms with Crippen LogP contribution in [0.3, 0.4) is 0 Å². The van der Waals surface area contributed by atoms with Crippen LogP contribution in [0.25, 0.3) is 0 Å². The molecule has 8 atom stereocenters. The van der Waals surface area contributed by atoms with Crippen LogP contribution in [0.4, 0.5) is 0 Å². The molecule has 2 N–H and O–H groups in total. The fourth-order valence-electron chi connectivity index (χ4n) is 9.65. The third kappa shape index (κ3) is 4.30. The molecule has 9 nitrogen and oxygen atoms in total. The minimum atomic E-state index is -1.26. The van der Waals surface area contributed by atoms with Gasteiger partial charge in [-0.2, -0.15) is 0 Å². The number of carbonyl (C=O) groups excluding carboxylic acids is 2. The van der Waals surface area contributed by atoms with Crippen LogP contribution in [-0.2, 0) is 19.1 Å². The van der Waals surface area contributed by atoms with E-state index in [2.05, 4.69) is 11.8 Å². The lowest BCUT2D eigenvalue weighted by molar-refractivity contribution is -0.248. The topological polar surface area (TPSA) is 127 Å². The van der Waals surface area contributed by atoms with E-state index in [0.717, 1.165) is 44.2 Å². The third-order valence-corrected chi connectivity index (χ3v) is 11.9. The van der Waals surface area contributed by atoms with Gasteiger partial charge >= 0.3 is 11.6 Å². The summed E-state index contributed by atoms with van der Waals surface area (Å²) in [6, 6.07) is 3.26. The molecule has 4 aliphatic carbocycles. The molecule has 2 heterocycles. The molecular formula is C31H43NO8. The van der Waals surface area contributed by atoms with Crippen LogP contribution < -0.4 is 5.63 Å². The van der Waals surface area contributed by atoms with Gasteiger partial charge in [-0.05, 0) is 80.8 Å². The molecule has 0 bridgehead atoms. The zero-order valence-electron chi connectivity index (χ0n) is 23.5. The average molecular weight is 558 g/mol. The molecule has 6 rings (SSSR count). The number of carbonyl (C=O) groups is 2. The number of hydrogen-bond acceptors (Lipinski definition) is 9. The van der Waals surface area contributed by atoms with E-state index in [-0.39, 0.29) is 35.8 Å². The Bertz CT molecular complexity index is 1160. The number of nitrogens with zero attached hydrogens (tertiary/aromatic N) is 1. The molecule has 1 saturated heterocycles. The second-order valence-electron chi connectivity index (χ2n) is 13.4. The van der Waals surface area contributed by atoms with Gasteiger partial charge in [0.15, 0.2) is 0 Å². The van der Waals surface area contributed by atoms with E-state index in [1.807, 2.05) is 6.07 Å². The van der Waals surface area contributed by atoms with E-state index in [9.17, 15) is 24.6 Å². The maximum Gasteiger partial charge on any atom is 0.335 e. The quantitative estimate of drug-likeness (QED) is 0.401. The number of hydrogen-bond donors (Lipinski definition) is 2. The van der Waals surface area contributed by atoms with Crippen molar-refractivity contribution in [2.75, 3.05) is 32.8 Å². The SMILES string of the molecule is CC12CCC3C(CCC4(O)CC(OC(=O)CCN5CCOCC5)CCC34C=O)C1(O)CCC2c1ccc(=O)oc1. The van der Waals surface area contributed by atoms with E-state index in [1.54, 1.807) is 0 Å². The van der Waals surface area contributed by atoms with Crippen molar-refractivity contribution >= 4 is 12.3 Å². The van der Waals surface area contributed by atoms with E-state index < -0.39 is 28.1 Å². The Balaban J connectivity index is 1.17. The van der Waals surface area contributed by atoms with Crippen molar-refractivity contribution in [3.63, 3.8) is 0 Å². The molecular weight excluding hydrogens is 514 g/mol. The van der Waals surface area contributed by atoms with Gasteiger partial charge in [0, 0.05) is 37.5 Å². The lowest BCUT2D eigenvalue weighted by atomic mass is 9.41. The van der Waals surface area contributed by atoms with Crippen molar-refractivity contribution in [3.05, 3.63) is 34.4 Å². The fourth-order valence-corrected chi connectivity index (χ4v) is 9.65. The number of rotatable bonds is 6. The van der Waals surface area contributed by atoms with Gasteiger partial charge in [0.1, 0.15) is 12.4 Å². The second kappa shape index (κ2) is 10.3. The van der Waals surface area contributed by atoms with E-state index in [1.165, 1.54) is 12.3 Å². The largest absolute Gasteiger partial charge is 0.462 e. The van der Waals surface area contributed by atoms with Crippen molar-refractivity contribution < 1.29 is 33.7 Å². The second-order valence-corrected chi connectivity index (χ2v) is 13.4. The Morgan fingerprint density at radius 3 is 2.58 bits per heavy atom. The molecule has 1 aromatic rings. The Kier molecular flexibility index (Phi) is 7.25. The summed E-state index contributed by atoms with van der Waals surface area (Å²) in [5, 5.41) is 24.5. The molecule has 9 heteroatoms. The first kappa shape index (κ1) is 28.1. The van der Waals surface area contributed by atoms with E-state index in [4.69, 9.17) is 13.9 Å². The maximum atomic E-state index is 13.0. The predicted molar refractivity (Wildman–Crippen MR) is 145 cm³/mol. The third-order valence-electron chi connectivity index (χ3n) is 11.9. The van der Waals surface area contributed by atoms with Crippen LogP contribution in [0.5, 0.6) is 0 Å². The van der Waals surface area contributed by atoms with Gasteiger partial charge in [-0.25, -0.2) is 4.79 Å². The highest BCUT2D eigenvalue weighted by Gasteiger charge is 2.71. The summed E-state index contributed by atoms with van der Waals surface area (Å²) in [6.07, 6.45) is 7.54. The zero-order chi connectivity index (χ0) is 28.2. The number of ether oxygens (including phenoxy) is 2. The highest BCUT2D eigenvalue weighted by Crippen LogP contribution is 2.71. The Hall–Kier alpha value is -2.07. The number of morpholine rings is 1. The van der Waals surface area contributed by atoms with Gasteiger partial charge in [-0.3, -0.25) is 9.69 Å². The van der Waals surface area contributed by atoms with E-state index in [0.29, 0.717) is 58.3 Å². The normalized spacial score (nSPS) is 43.3. The van der Waals surface area contributed by atoms with Crippen molar-refractivity contribution in [3.8, 4) is 0 Å². The minimum Gasteiger partial charge on any atom is -0.462 e. The number of aliphatic hydroxyl groups is 2. The number of esters is 1. The molecule has 1 aromatic heterocycles. The molecule has 0 aromatic carbocycles. The summed E-state index contributed by atoms with van der Waals surface area (Å²) >= 11 is 0. The highest BCUT2D eigenvalue weighted by molar-refractivity contribution is 5.70. The van der Waals surface area contributed by atoms with Crippen LogP contribution in [0.15, 0.2) is 27.6 Å². The van der Waals surface area contributed by atoms with Gasteiger partial charge in [-0.1, -0.05) is 6.92 Å². The van der Waals surface area contributed by atoms with Gasteiger partial charge in [0.2, 0.25) is 0 Å². The first-order valence-electron chi connectivity index (χ1n) is 15.1. The smallest absolute Gasteiger partial charge is 0.335 e. The highest BCUT2D eigenvalue weighted by atomic mass is 16.5. The molecule has 5 aliphatic rings. The van der Waals surface area contributed by atoms with E-state index >= 15 is 0 Å². The molecule has 220 valence electrons. The monoisotopic (exact) mass is 557 g/mol. The predicted octanol–water partition coefficient (Wildman–Crippen LogP) is 2.81. The van der Waals surface area contributed by atoms with Crippen molar-refractivity contribution in [1.82, 2.24) is 4.90 Å². The summed E-state index contributed by atoms with van der Waals surface area (Å²) in [7, 11) is 0. The fraction of sp³-hybridized carbons (Fsp3) is 0.774. The van der Waals surface area contributed by atoms with Gasteiger partial charge in [-0.15, -0.1) is 0 Å².